The van der Waals surface area contributed by atoms with Crippen molar-refractivity contribution in [1.82, 2.24) is 5.01 Å². The molecular formula is C30H27FN2O3. The lowest BCUT2D eigenvalue weighted by molar-refractivity contribution is -0.152. The molecule has 36 heavy (non-hydrogen) atoms. The predicted octanol–water partition coefficient (Wildman–Crippen LogP) is 5.73. The van der Waals surface area contributed by atoms with Crippen molar-refractivity contribution in [3.8, 4) is 0 Å². The molecule has 2 aliphatic rings. The van der Waals surface area contributed by atoms with Crippen molar-refractivity contribution < 1.29 is 18.7 Å². The summed E-state index contributed by atoms with van der Waals surface area (Å²) in [7, 11) is 0. The van der Waals surface area contributed by atoms with Crippen LogP contribution in [0.25, 0.3) is 6.08 Å². The average Bonchev–Trinajstić information content (AvgIpc) is 3.31. The molecule has 1 amide bonds. The van der Waals surface area contributed by atoms with Gasteiger partial charge in [-0.2, -0.15) is 5.10 Å². The maximum Gasteiger partial charge on any atom is 0.310 e. The van der Waals surface area contributed by atoms with Gasteiger partial charge in [-0.15, -0.1) is 0 Å². The van der Waals surface area contributed by atoms with Crippen LogP contribution in [-0.2, 0) is 20.7 Å². The lowest BCUT2D eigenvalue weighted by atomic mass is 9.77. The Bertz CT molecular complexity index is 1290. The quantitative estimate of drug-likeness (QED) is 0.422. The molecule has 1 aliphatic carbocycles. The third-order valence-electron chi connectivity index (χ3n) is 6.66. The SMILES string of the molecule is O=C(Cc1ccc(F)cc1)OCC(=O)N1N=C2/C(=C/c3ccccc3)CCC[C@@H]2[C@H]1c1ccccc1. The number of hydrogen-bond acceptors (Lipinski definition) is 4. The van der Waals surface area contributed by atoms with Crippen LogP contribution in [0.3, 0.4) is 0 Å². The summed E-state index contributed by atoms with van der Waals surface area (Å²) in [5.74, 6) is -1.20. The van der Waals surface area contributed by atoms with Gasteiger partial charge in [-0.05, 0) is 59.7 Å². The molecule has 2 atom stereocenters. The van der Waals surface area contributed by atoms with Gasteiger partial charge in [0.05, 0.1) is 18.2 Å². The first kappa shape index (κ1) is 23.7. The largest absolute Gasteiger partial charge is 0.455 e. The summed E-state index contributed by atoms with van der Waals surface area (Å²) in [6, 6.07) is 25.4. The van der Waals surface area contributed by atoms with Gasteiger partial charge in [-0.25, -0.2) is 9.40 Å². The van der Waals surface area contributed by atoms with E-state index in [1.165, 1.54) is 29.3 Å². The zero-order valence-electron chi connectivity index (χ0n) is 19.8. The molecule has 0 radical (unpaired) electrons. The van der Waals surface area contributed by atoms with Crippen LogP contribution >= 0.6 is 0 Å². The fourth-order valence-electron chi connectivity index (χ4n) is 4.97. The van der Waals surface area contributed by atoms with Gasteiger partial charge < -0.3 is 4.74 Å². The van der Waals surface area contributed by atoms with E-state index in [9.17, 15) is 14.0 Å². The number of fused-ring (bicyclic) bond motifs is 1. The summed E-state index contributed by atoms with van der Waals surface area (Å²) in [6.07, 6.45) is 4.97. The van der Waals surface area contributed by atoms with Crippen LogP contribution in [0.5, 0.6) is 0 Å². The normalized spacial score (nSPS) is 20.1. The molecule has 182 valence electrons. The number of carbonyl (C=O) groups is 2. The van der Waals surface area contributed by atoms with Crippen LogP contribution in [-0.4, -0.2) is 29.2 Å². The van der Waals surface area contributed by atoms with Gasteiger partial charge in [0.1, 0.15) is 5.82 Å². The minimum Gasteiger partial charge on any atom is -0.455 e. The first-order chi connectivity index (χ1) is 17.6. The highest BCUT2D eigenvalue weighted by atomic mass is 19.1. The van der Waals surface area contributed by atoms with Gasteiger partial charge in [-0.1, -0.05) is 72.8 Å². The minimum atomic E-state index is -0.542. The molecule has 0 bridgehead atoms. The number of hydrogen-bond donors (Lipinski definition) is 0. The Morgan fingerprint density at radius 3 is 2.39 bits per heavy atom. The summed E-state index contributed by atoms with van der Waals surface area (Å²) in [4.78, 5) is 25.7. The summed E-state index contributed by atoms with van der Waals surface area (Å²) in [5, 5.41) is 6.32. The number of benzene rings is 3. The number of halogens is 1. The second kappa shape index (κ2) is 10.7. The molecule has 1 heterocycles. The molecule has 0 saturated heterocycles. The molecule has 1 saturated carbocycles. The number of amides is 1. The smallest absolute Gasteiger partial charge is 0.310 e. The zero-order valence-corrected chi connectivity index (χ0v) is 19.8. The minimum absolute atomic E-state index is 0.0310. The molecule has 6 heteroatoms. The van der Waals surface area contributed by atoms with Gasteiger partial charge in [0, 0.05) is 5.92 Å². The Balaban J connectivity index is 1.36. The molecule has 3 aromatic rings. The highest BCUT2D eigenvalue weighted by Crippen LogP contribution is 2.44. The lowest BCUT2D eigenvalue weighted by Gasteiger charge is -2.29. The Morgan fingerprint density at radius 2 is 1.67 bits per heavy atom. The Kier molecular flexibility index (Phi) is 7.03. The van der Waals surface area contributed by atoms with E-state index in [0.717, 1.165) is 41.7 Å². The number of hydrazone groups is 1. The number of allylic oxidation sites excluding steroid dienone is 1. The monoisotopic (exact) mass is 482 g/mol. The number of esters is 1. The number of nitrogens with zero attached hydrogens (tertiary/aromatic N) is 2. The topological polar surface area (TPSA) is 59.0 Å². The highest BCUT2D eigenvalue weighted by Gasteiger charge is 2.43. The van der Waals surface area contributed by atoms with Gasteiger partial charge in [0.25, 0.3) is 5.91 Å². The second-order valence-corrected chi connectivity index (χ2v) is 9.12. The third kappa shape index (κ3) is 5.28. The molecule has 0 N–H and O–H groups in total. The fourth-order valence-corrected chi connectivity index (χ4v) is 4.97. The first-order valence-corrected chi connectivity index (χ1v) is 12.2. The van der Waals surface area contributed by atoms with E-state index in [4.69, 9.17) is 9.84 Å². The van der Waals surface area contributed by atoms with E-state index >= 15 is 0 Å². The fraction of sp³-hybridized carbons (Fsp3) is 0.233. The van der Waals surface area contributed by atoms with Gasteiger partial charge >= 0.3 is 5.97 Å². The van der Waals surface area contributed by atoms with E-state index in [0.29, 0.717) is 5.56 Å². The van der Waals surface area contributed by atoms with Crippen LogP contribution in [0.15, 0.2) is 95.6 Å². The van der Waals surface area contributed by atoms with Crippen LogP contribution in [0, 0.1) is 11.7 Å². The van der Waals surface area contributed by atoms with Crippen molar-refractivity contribution in [2.24, 2.45) is 11.0 Å². The number of ether oxygens (including phenoxy) is 1. The van der Waals surface area contributed by atoms with Crippen molar-refractivity contribution in [3.63, 3.8) is 0 Å². The molecule has 5 nitrogen and oxygen atoms in total. The predicted molar refractivity (Wildman–Crippen MR) is 136 cm³/mol. The van der Waals surface area contributed by atoms with E-state index in [2.05, 4.69) is 18.2 Å². The molecule has 3 aromatic carbocycles. The molecule has 1 fully saturated rings. The first-order valence-electron chi connectivity index (χ1n) is 12.2. The van der Waals surface area contributed by atoms with Crippen LogP contribution in [0.1, 0.15) is 42.0 Å². The van der Waals surface area contributed by atoms with Crippen LogP contribution in [0.4, 0.5) is 4.39 Å². The van der Waals surface area contributed by atoms with Crippen LogP contribution < -0.4 is 0 Å². The molecular weight excluding hydrogens is 455 g/mol. The zero-order chi connectivity index (χ0) is 24.9. The number of rotatable bonds is 6. The van der Waals surface area contributed by atoms with E-state index < -0.39 is 12.6 Å². The van der Waals surface area contributed by atoms with Gasteiger partial charge in [0.15, 0.2) is 6.61 Å². The van der Waals surface area contributed by atoms with Crippen LogP contribution in [0.2, 0.25) is 0 Å². The maximum absolute atomic E-state index is 13.3. The number of carbonyl (C=O) groups excluding carboxylic acids is 2. The summed E-state index contributed by atoms with van der Waals surface area (Å²) in [6.45, 7) is -0.398. The summed E-state index contributed by atoms with van der Waals surface area (Å²) in [5.41, 5.74) is 4.81. The Hall–Kier alpha value is -4.06. The molecule has 5 rings (SSSR count). The van der Waals surface area contributed by atoms with Crippen molar-refractivity contribution in [1.29, 1.82) is 0 Å². The Morgan fingerprint density at radius 1 is 0.972 bits per heavy atom. The third-order valence-corrected chi connectivity index (χ3v) is 6.66. The molecule has 1 aliphatic heterocycles. The van der Waals surface area contributed by atoms with E-state index in [1.807, 2.05) is 48.5 Å². The summed E-state index contributed by atoms with van der Waals surface area (Å²) >= 11 is 0. The average molecular weight is 483 g/mol. The van der Waals surface area contributed by atoms with Crippen molar-refractivity contribution >= 4 is 23.7 Å². The second-order valence-electron chi connectivity index (χ2n) is 9.12. The van der Waals surface area contributed by atoms with Gasteiger partial charge in [-0.3, -0.25) is 9.59 Å². The molecule has 0 unspecified atom stereocenters. The summed E-state index contributed by atoms with van der Waals surface area (Å²) < 4.78 is 18.4. The van der Waals surface area contributed by atoms with Crippen molar-refractivity contribution in [3.05, 3.63) is 113 Å². The Labute approximate surface area is 209 Å². The van der Waals surface area contributed by atoms with Gasteiger partial charge in [0.2, 0.25) is 0 Å². The standard InChI is InChI=1S/C30H27FN2O3/c31-25-16-14-22(15-17-25)19-28(35)36-20-27(34)33-30(23-10-5-2-6-11-23)26-13-7-12-24(29(26)32-33)18-21-8-3-1-4-9-21/h1-6,8-11,14-18,26,30H,7,12-13,19-20H2/b24-18+/t26-,30+/m0/s1. The molecule has 0 aromatic heterocycles. The molecule has 0 spiro atoms. The van der Waals surface area contributed by atoms with Crippen molar-refractivity contribution in [2.45, 2.75) is 31.7 Å². The van der Waals surface area contributed by atoms with E-state index in [-0.39, 0.29) is 30.1 Å². The van der Waals surface area contributed by atoms with Crippen molar-refractivity contribution in [2.75, 3.05) is 6.61 Å². The highest BCUT2D eigenvalue weighted by molar-refractivity contribution is 6.08. The van der Waals surface area contributed by atoms with E-state index in [1.54, 1.807) is 0 Å². The lowest BCUT2D eigenvalue weighted by Crippen LogP contribution is -2.34. The maximum atomic E-state index is 13.3.